The zero-order valence-corrected chi connectivity index (χ0v) is 17.7. The molecular weight excluding hydrogens is 404 g/mol. The van der Waals surface area contributed by atoms with Crippen molar-refractivity contribution in [3.63, 3.8) is 0 Å². The SMILES string of the molecule is Nc1cc(C2C(=O)N(C(=O)N3CCCC(c4ccc5ccccc5c4)C3)C2CO)ccn1. The summed E-state index contributed by atoms with van der Waals surface area (Å²) < 4.78 is 0. The van der Waals surface area contributed by atoms with Crippen LogP contribution in [-0.2, 0) is 4.79 Å². The highest BCUT2D eigenvalue weighted by atomic mass is 16.3. The maximum atomic E-state index is 13.3. The van der Waals surface area contributed by atoms with Gasteiger partial charge in [0.25, 0.3) is 0 Å². The molecule has 2 saturated heterocycles. The third-order valence-corrected chi connectivity index (χ3v) is 6.71. The van der Waals surface area contributed by atoms with Crippen molar-refractivity contribution in [2.45, 2.75) is 30.7 Å². The molecule has 3 amide bonds. The Morgan fingerprint density at radius 2 is 1.91 bits per heavy atom. The number of pyridine rings is 1. The van der Waals surface area contributed by atoms with Crippen LogP contribution in [0.4, 0.5) is 10.6 Å². The summed E-state index contributed by atoms with van der Waals surface area (Å²) in [6.45, 7) is 0.885. The molecule has 3 unspecified atom stereocenters. The van der Waals surface area contributed by atoms with Gasteiger partial charge in [-0.2, -0.15) is 0 Å². The van der Waals surface area contributed by atoms with Gasteiger partial charge in [0, 0.05) is 25.2 Å². The number of aliphatic hydroxyl groups excluding tert-OH is 1. The normalized spacial score (nSPS) is 23.3. The van der Waals surface area contributed by atoms with Crippen molar-refractivity contribution in [3.8, 4) is 0 Å². The second kappa shape index (κ2) is 8.24. The summed E-state index contributed by atoms with van der Waals surface area (Å²) in [5, 5.41) is 12.3. The number of aromatic nitrogens is 1. The largest absolute Gasteiger partial charge is 0.394 e. The third-order valence-electron chi connectivity index (χ3n) is 6.71. The number of fused-ring (bicyclic) bond motifs is 1. The molecule has 0 radical (unpaired) electrons. The Labute approximate surface area is 186 Å². The molecule has 2 aromatic carbocycles. The predicted octanol–water partition coefficient (Wildman–Crippen LogP) is 3.10. The number of imide groups is 1. The quantitative estimate of drug-likeness (QED) is 0.622. The lowest BCUT2D eigenvalue weighted by Crippen LogP contribution is -2.66. The van der Waals surface area contributed by atoms with E-state index in [0.29, 0.717) is 24.5 Å². The Kier molecular flexibility index (Phi) is 5.27. The van der Waals surface area contributed by atoms with Gasteiger partial charge >= 0.3 is 6.03 Å². The van der Waals surface area contributed by atoms with E-state index in [1.165, 1.54) is 27.4 Å². The number of likely N-dealkylation sites (tertiary alicyclic amines) is 2. The number of aliphatic hydroxyl groups is 1. The first-order valence-electron chi connectivity index (χ1n) is 11.0. The minimum atomic E-state index is -0.585. The molecule has 7 heteroatoms. The van der Waals surface area contributed by atoms with Crippen LogP contribution < -0.4 is 5.73 Å². The van der Waals surface area contributed by atoms with Crippen molar-refractivity contribution in [1.29, 1.82) is 0 Å². The second-order valence-electron chi connectivity index (χ2n) is 8.62. The Morgan fingerprint density at radius 3 is 2.69 bits per heavy atom. The third kappa shape index (κ3) is 3.48. The molecule has 2 fully saturated rings. The van der Waals surface area contributed by atoms with Crippen LogP contribution >= 0.6 is 0 Å². The van der Waals surface area contributed by atoms with Gasteiger partial charge < -0.3 is 15.7 Å². The van der Waals surface area contributed by atoms with Crippen LogP contribution in [0, 0.1) is 0 Å². The number of rotatable bonds is 3. The monoisotopic (exact) mass is 430 g/mol. The first-order chi connectivity index (χ1) is 15.6. The van der Waals surface area contributed by atoms with Crippen LogP contribution in [0.5, 0.6) is 0 Å². The molecule has 32 heavy (non-hydrogen) atoms. The summed E-state index contributed by atoms with van der Waals surface area (Å²) >= 11 is 0. The molecule has 3 N–H and O–H groups in total. The number of carbonyl (C=O) groups excluding carboxylic acids is 2. The molecule has 5 rings (SSSR count). The van der Waals surface area contributed by atoms with E-state index in [1.54, 1.807) is 17.0 Å². The maximum Gasteiger partial charge on any atom is 0.327 e. The number of urea groups is 1. The average molecular weight is 431 g/mol. The topological polar surface area (TPSA) is 99.8 Å². The fourth-order valence-electron chi connectivity index (χ4n) is 5.03. The number of amides is 3. The van der Waals surface area contributed by atoms with Gasteiger partial charge in [-0.1, -0.05) is 42.5 Å². The fourth-order valence-corrected chi connectivity index (χ4v) is 5.03. The van der Waals surface area contributed by atoms with Crippen LogP contribution in [-0.4, -0.2) is 57.6 Å². The number of β-lactam (4-membered cyclic amide) rings is 1. The number of piperidine rings is 1. The Morgan fingerprint density at radius 1 is 1.09 bits per heavy atom. The van der Waals surface area contributed by atoms with Gasteiger partial charge in [0.1, 0.15) is 5.82 Å². The van der Waals surface area contributed by atoms with Gasteiger partial charge in [-0.05, 0) is 46.9 Å². The summed E-state index contributed by atoms with van der Waals surface area (Å²) in [6, 6.07) is 17.1. The van der Waals surface area contributed by atoms with Gasteiger partial charge in [-0.15, -0.1) is 0 Å². The zero-order valence-electron chi connectivity index (χ0n) is 17.7. The van der Waals surface area contributed by atoms with E-state index >= 15 is 0 Å². The first kappa shape index (κ1) is 20.5. The van der Waals surface area contributed by atoms with E-state index in [-0.39, 0.29) is 24.5 Å². The number of hydrogen-bond acceptors (Lipinski definition) is 5. The maximum absolute atomic E-state index is 13.3. The van der Waals surface area contributed by atoms with E-state index in [2.05, 4.69) is 35.3 Å². The number of hydrogen-bond donors (Lipinski definition) is 2. The zero-order chi connectivity index (χ0) is 22.2. The molecule has 7 nitrogen and oxygen atoms in total. The molecule has 0 spiro atoms. The Bertz CT molecular complexity index is 1180. The van der Waals surface area contributed by atoms with Crippen LogP contribution in [0.3, 0.4) is 0 Å². The van der Waals surface area contributed by atoms with Crippen LogP contribution in [0.1, 0.15) is 35.8 Å². The van der Waals surface area contributed by atoms with Gasteiger partial charge in [-0.3, -0.25) is 9.69 Å². The van der Waals surface area contributed by atoms with E-state index in [0.717, 1.165) is 12.8 Å². The number of nitrogens with zero attached hydrogens (tertiary/aromatic N) is 3. The molecule has 3 heterocycles. The predicted molar refractivity (Wildman–Crippen MR) is 122 cm³/mol. The lowest BCUT2D eigenvalue weighted by Gasteiger charge is -2.47. The Hall–Kier alpha value is -3.45. The molecule has 2 aliphatic rings. The molecular formula is C25H26N4O3. The van der Waals surface area contributed by atoms with Crippen molar-refractivity contribution in [2.75, 3.05) is 25.4 Å². The van der Waals surface area contributed by atoms with Crippen molar-refractivity contribution in [3.05, 3.63) is 71.9 Å². The molecule has 3 atom stereocenters. The summed E-state index contributed by atoms with van der Waals surface area (Å²) in [7, 11) is 0. The fraction of sp³-hybridized carbons (Fsp3) is 0.320. The summed E-state index contributed by atoms with van der Waals surface area (Å²) in [6.07, 6.45) is 3.41. The van der Waals surface area contributed by atoms with Crippen molar-refractivity contribution in [1.82, 2.24) is 14.8 Å². The first-order valence-corrected chi connectivity index (χ1v) is 11.0. The van der Waals surface area contributed by atoms with E-state index in [9.17, 15) is 14.7 Å². The van der Waals surface area contributed by atoms with E-state index in [4.69, 9.17) is 5.73 Å². The Balaban J connectivity index is 1.33. The van der Waals surface area contributed by atoms with Gasteiger partial charge in [0.05, 0.1) is 18.6 Å². The van der Waals surface area contributed by atoms with E-state index in [1.807, 2.05) is 12.1 Å². The highest BCUT2D eigenvalue weighted by Crippen LogP contribution is 2.38. The number of anilines is 1. The van der Waals surface area contributed by atoms with Crippen LogP contribution in [0.2, 0.25) is 0 Å². The lowest BCUT2D eigenvalue weighted by molar-refractivity contribution is -0.147. The van der Waals surface area contributed by atoms with Crippen LogP contribution in [0.25, 0.3) is 10.8 Å². The molecule has 0 saturated carbocycles. The van der Waals surface area contributed by atoms with Crippen LogP contribution in [0.15, 0.2) is 60.8 Å². The summed E-state index contributed by atoms with van der Waals surface area (Å²) in [5.74, 6) is -0.342. The van der Waals surface area contributed by atoms with Crippen molar-refractivity contribution >= 4 is 28.5 Å². The standard InChI is InChI=1S/C25H26N4O3/c26-22-13-19(9-10-27-22)23-21(15-30)29(24(23)31)25(32)28-11-3-6-20(14-28)18-8-7-16-4-1-2-5-17(16)12-18/h1-2,4-5,7-10,12-13,20-21,23,30H,3,6,11,14-15H2,(H2,26,27). The molecule has 2 aliphatic heterocycles. The average Bonchev–Trinajstić information content (AvgIpc) is 2.82. The summed E-state index contributed by atoms with van der Waals surface area (Å²) in [4.78, 5) is 33.1. The molecule has 0 bridgehead atoms. The minimum absolute atomic E-state index is 0.219. The van der Waals surface area contributed by atoms with Gasteiger partial charge in [0.2, 0.25) is 5.91 Å². The number of nitrogen functional groups attached to an aromatic ring is 1. The van der Waals surface area contributed by atoms with Gasteiger partial charge in [-0.25, -0.2) is 9.78 Å². The summed E-state index contributed by atoms with van der Waals surface area (Å²) in [5.41, 5.74) is 7.64. The smallest absolute Gasteiger partial charge is 0.327 e. The number of nitrogens with two attached hydrogens (primary N) is 1. The number of benzene rings is 2. The molecule has 0 aliphatic carbocycles. The number of carbonyl (C=O) groups is 2. The van der Waals surface area contributed by atoms with Gasteiger partial charge in [0.15, 0.2) is 0 Å². The highest BCUT2D eigenvalue weighted by Gasteiger charge is 2.52. The lowest BCUT2D eigenvalue weighted by atomic mass is 9.82. The molecule has 3 aromatic rings. The van der Waals surface area contributed by atoms with E-state index < -0.39 is 12.0 Å². The second-order valence-corrected chi connectivity index (χ2v) is 8.62. The molecule has 1 aromatic heterocycles. The minimum Gasteiger partial charge on any atom is -0.394 e. The van der Waals surface area contributed by atoms with Crippen molar-refractivity contribution in [2.24, 2.45) is 0 Å². The highest BCUT2D eigenvalue weighted by molar-refractivity contribution is 6.04. The molecule has 164 valence electrons. The van der Waals surface area contributed by atoms with Crippen molar-refractivity contribution < 1.29 is 14.7 Å².